The van der Waals surface area contributed by atoms with Gasteiger partial charge in [0, 0.05) is 6.42 Å². The van der Waals surface area contributed by atoms with Crippen LogP contribution in [0, 0.1) is 0 Å². The van der Waals surface area contributed by atoms with E-state index in [1.807, 2.05) is 40.0 Å². The van der Waals surface area contributed by atoms with Crippen LogP contribution in [0.5, 0.6) is 11.5 Å². The molecule has 0 fully saturated rings. The van der Waals surface area contributed by atoms with Crippen LogP contribution in [0.15, 0.2) is 18.2 Å². The molecule has 0 amide bonds. The summed E-state index contributed by atoms with van der Waals surface area (Å²) in [4.78, 5) is 11.7. The van der Waals surface area contributed by atoms with Gasteiger partial charge in [0.25, 0.3) is 0 Å². The first kappa shape index (κ1) is 16.6. The van der Waals surface area contributed by atoms with Crippen LogP contribution in [0.3, 0.4) is 0 Å². The molecule has 1 aromatic rings. The summed E-state index contributed by atoms with van der Waals surface area (Å²) >= 11 is 0. The van der Waals surface area contributed by atoms with E-state index in [2.05, 4.69) is 13.2 Å². The minimum Gasteiger partial charge on any atom is -0.469 e. The lowest BCUT2D eigenvalue weighted by atomic mass is 9.97. The number of ether oxygens (including phenoxy) is 2. The first-order chi connectivity index (χ1) is 9.41. The average molecular weight is 277 g/mol. The predicted octanol–water partition coefficient (Wildman–Crippen LogP) is 1.86. The summed E-state index contributed by atoms with van der Waals surface area (Å²) in [5, 5.41) is 3.07. The van der Waals surface area contributed by atoms with Crippen LogP contribution in [0.25, 0.3) is 0 Å². The van der Waals surface area contributed by atoms with Crippen molar-refractivity contribution >= 4 is 13.8 Å². The van der Waals surface area contributed by atoms with E-state index in [9.17, 15) is 4.79 Å². The Labute approximate surface area is 122 Å². The van der Waals surface area contributed by atoms with E-state index in [4.69, 9.17) is 9.47 Å². The number of hydrogen-bond acceptors (Lipinski definition) is 4. The minimum atomic E-state index is -0.529. The molecule has 0 aliphatic carbocycles. The smallest absolute Gasteiger partial charge is 0.311 e. The van der Waals surface area contributed by atoms with Crippen molar-refractivity contribution in [3.8, 4) is 11.5 Å². The molecule has 5 heteroatoms. The summed E-state index contributed by atoms with van der Waals surface area (Å²) in [6.45, 7) is 5.79. The molecule has 0 atom stereocenters. The largest absolute Gasteiger partial charge is 0.469 e. The van der Waals surface area contributed by atoms with Gasteiger partial charge in [0.2, 0.25) is 0 Å². The first-order valence-corrected chi connectivity index (χ1v) is 7.13. The molecule has 0 radical (unpaired) electrons. The van der Waals surface area contributed by atoms with Gasteiger partial charge in [-0.25, -0.2) is 0 Å². The van der Waals surface area contributed by atoms with Gasteiger partial charge in [0.1, 0.15) is 7.85 Å². The zero-order valence-electron chi connectivity index (χ0n) is 13.1. The van der Waals surface area contributed by atoms with Crippen molar-refractivity contribution in [3.05, 3.63) is 23.8 Å². The monoisotopic (exact) mass is 277 g/mol. The average Bonchev–Trinajstić information content (AvgIpc) is 2.40. The predicted molar refractivity (Wildman–Crippen MR) is 83.0 cm³/mol. The third-order valence-corrected chi connectivity index (χ3v) is 3.06. The van der Waals surface area contributed by atoms with Gasteiger partial charge >= 0.3 is 5.97 Å². The minimum absolute atomic E-state index is 0.233. The maximum Gasteiger partial charge on any atom is 0.311 e. The lowest BCUT2D eigenvalue weighted by Crippen LogP contribution is -2.42. The maximum absolute atomic E-state index is 11.7. The highest BCUT2D eigenvalue weighted by molar-refractivity contribution is 6.08. The molecule has 1 rings (SSSR count). The fraction of sp³-hybridized carbons (Fsp3) is 0.533. The molecule has 1 aromatic carbocycles. The second kappa shape index (κ2) is 7.34. The van der Waals surface area contributed by atoms with E-state index >= 15 is 0 Å². The Hall–Kier alpha value is -1.49. The first-order valence-electron chi connectivity index (χ1n) is 7.13. The second-order valence-electron chi connectivity index (χ2n) is 5.22. The van der Waals surface area contributed by atoms with Gasteiger partial charge < -0.3 is 9.47 Å². The number of hydrogen-bond donors (Lipinski definition) is 1. The van der Waals surface area contributed by atoms with Crippen LogP contribution in [0.1, 0.15) is 39.2 Å². The Bertz CT molecular complexity index is 460. The summed E-state index contributed by atoms with van der Waals surface area (Å²) in [7, 11) is 3.90. The van der Waals surface area contributed by atoms with Gasteiger partial charge in [-0.2, -0.15) is 0 Å². The van der Waals surface area contributed by atoms with Crippen molar-refractivity contribution in [2.45, 2.75) is 45.7 Å². The fourth-order valence-electron chi connectivity index (χ4n) is 1.64. The molecular weight excluding hydrogens is 253 g/mol. The Morgan fingerprint density at radius 3 is 2.60 bits per heavy atom. The summed E-state index contributed by atoms with van der Waals surface area (Å²) < 4.78 is 11.3. The molecule has 0 heterocycles. The molecule has 0 aliphatic heterocycles. The maximum atomic E-state index is 11.7. The number of esters is 1. The van der Waals surface area contributed by atoms with Crippen molar-refractivity contribution in [2.24, 2.45) is 0 Å². The van der Waals surface area contributed by atoms with Gasteiger partial charge in [0.05, 0.1) is 0 Å². The fourth-order valence-corrected chi connectivity index (χ4v) is 1.64. The topological polar surface area (TPSA) is 47.6 Å². The van der Waals surface area contributed by atoms with E-state index in [-0.39, 0.29) is 5.97 Å². The standard InChI is InChI=1S/C15H24BNO3/c1-5-6-14(18)19-12-8-7-11(10-16)9-13(12)20-15(2,3)17-4/h7-9,17H,5-6,10,16H2,1-4H3. The Kier molecular flexibility index (Phi) is 6.08. The Balaban J connectivity index is 3.00. The van der Waals surface area contributed by atoms with Gasteiger partial charge in [-0.15, -0.1) is 0 Å². The Morgan fingerprint density at radius 2 is 2.05 bits per heavy atom. The van der Waals surface area contributed by atoms with E-state index in [1.165, 1.54) is 0 Å². The van der Waals surface area contributed by atoms with Crippen molar-refractivity contribution in [2.75, 3.05) is 7.05 Å². The molecule has 0 spiro atoms. The van der Waals surface area contributed by atoms with Crippen LogP contribution >= 0.6 is 0 Å². The van der Waals surface area contributed by atoms with Crippen molar-refractivity contribution in [1.82, 2.24) is 5.32 Å². The SMILES string of the molecule is BCc1ccc(OC(=O)CCC)c(OC(C)(C)NC)c1. The molecule has 0 aliphatic rings. The number of benzene rings is 1. The third kappa shape index (κ3) is 4.89. The van der Waals surface area contributed by atoms with E-state index < -0.39 is 5.72 Å². The molecule has 0 aromatic heterocycles. The van der Waals surface area contributed by atoms with E-state index in [0.29, 0.717) is 17.9 Å². The van der Waals surface area contributed by atoms with Gasteiger partial charge in [-0.3, -0.25) is 10.1 Å². The van der Waals surface area contributed by atoms with Gasteiger partial charge in [-0.05, 0) is 39.4 Å². The van der Waals surface area contributed by atoms with E-state index in [0.717, 1.165) is 18.3 Å². The Morgan fingerprint density at radius 1 is 1.35 bits per heavy atom. The van der Waals surface area contributed by atoms with Crippen LogP contribution in [0.2, 0.25) is 0 Å². The van der Waals surface area contributed by atoms with Crippen molar-refractivity contribution < 1.29 is 14.3 Å². The molecule has 4 nitrogen and oxygen atoms in total. The highest BCUT2D eigenvalue weighted by Gasteiger charge is 2.20. The summed E-state index contributed by atoms with van der Waals surface area (Å²) in [6.07, 6.45) is 2.08. The summed E-state index contributed by atoms with van der Waals surface area (Å²) in [6, 6.07) is 5.68. The third-order valence-electron chi connectivity index (χ3n) is 3.06. The lowest BCUT2D eigenvalue weighted by Gasteiger charge is -2.27. The van der Waals surface area contributed by atoms with Crippen LogP contribution in [-0.2, 0) is 11.1 Å². The van der Waals surface area contributed by atoms with Crippen molar-refractivity contribution in [3.63, 3.8) is 0 Å². The summed E-state index contributed by atoms with van der Waals surface area (Å²) in [5.74, 6) is 0.834. The molecule has 110 valence electrons. The molecular formula is C15H24BNO3. The number of rotatable bonds is 7. The zero-order valence-corrected chi connectivity index (χ0v) is 13.1. The highest BCUT2D eigenvalue weighted by atomic mass is 16.6. The quantitative estimate of drug-likeness (QED) is 0.358. The number of nitrogens with one attached hydrogen (secondary N) is 1. The normalized spacial score (nSPS) is 11.2. The summed E-state index contributed by atoms with van der Waals surface area (Å²) in [5.41, 5.74) is 0.611. The van der Waals surface area contributed by atoms with Crippen molar-refractivity contribution in [1.29, 1.82) is 0 Å². The van der Waals surface area contributed by atoms with Crippen LogP contribution < -0.4 is 14.8 Å². The molecule has 0 saturated carbocycles. The molecule has 20 heavy (non-hydrogen) atoms. The molecule has 0 unspecified atom stereocenters. The second-order valence-corrected chi connectivity index (χ2v) is 5.22. The molecule has 0 bridgehead atoms. The van der Waals surface area contributed by atoms with Crippen LogP contribution in [-0.4, -0.2) is 26.6 Å². The number of carbonyl (C=O) groups is 1. The van der Waals surface area contributed by atoms with Gasteiger partial charge in [0.15, 0.2) is 17.2 Å². The molecule has 0 saturated heterocycles. The van der Waals surface area contributed by atoms with Crippen LogP contribution in [0.4, 0.5) is 0 Å². The van der Waals surface area contributed by atoms with E-state index in [1.54, 1.807) is 6.07 Å². The number of carbonyl (C=O) groups excluding carboxylic acids is 1. The lowest BCUT2D eigenvalue weighted by molar-refractivity contribution is -0.134. The van der Waals surface area contributed by atoms with Gasteiger partial charge in [-0.1, -0.05) is 24.9 Å². The zero-order chi connectivity index (χ0) is 15.2. The molecule has 1 N–H and O–H groups in total. The highest BCUT2D eigenvalue weighted by Crippen LogP contribution is 2.31.